The summed E-state index contributed by atoms with van der Waals surface area (Å²) in [5, 5.41) is 10.7. The third kappa shape index (κ3) is 1.95. The Bertz CT molecular complexity index is 250. The number of aromatic nitrogens is 1. The van der Waals surface area contributed by atoms with Gasteiger partial charge < -0.3 is 0 Å². The van der Waals surface area contributed by atoms with Gasteiger partial charge in [-0.3, -0.25) is 15.3 Å². The lowest BCUT2D eigenvalue weighted by molar-refractivity contribution is 0.253. The van der Waals surface area contributed by atoms with Gasteiger partial charge in [0.05, 0.1) is 11.4 Å². The Morgan fingerprint density at radius 3 is 2.92 bits per heavy atom. The molecular weight excluding hydrogens is 152 g/mol. The molecule has 0 fully saturated rings. The molecular formula is C9H14N2O. The monoisotopic (exact) mass is 166 g/mol. The molecule has 1 aromatic heterocycles. The van der Waals surface area contributed by atoms with Crippen molar-refractivity contribution in [3.05, 3.63) is 24.0 Å². The maximum atomic E-state index is 9.49. The molecule has 12 heavy (non-hydrogen) atoms. The smallest absolute Gasteiger partial charge is 0.0846 e. The standard InChI is InChI=1S/C9H14N2O/c1-3-7-11(12)9-5-4-6-10-8(9)2/h4-6,12H,3,7H2,1-2H3. The molecule has 0 aliphatic rings. The van der Waals surface area contributed by atoms with Crippen LogP contribution in [0.15, 0.2) is 18.3 Å². The first-order chi connectivity index (χ1) is 5.75. The number of hydroxylamine groups is 1. The SMILES string of the molecule is CCCN(O)c1cccnc1C. The summed E-state index contributed by atoms with van der Waals surface area (Å²) >= 11 is 0. The fraction of sp³-hybridized carbons (Fsp3) is 0.444. The molecule has 3 nitrogen and oxygen atoms in total. The van der Waals surface area contributed by atoms with Crippen molar-refractivity contribution in [2.24, 2.45) is 0 Å². The number of aryl methyl sites for hydroxylation is 1. The lowest BCUT2D eigenvalue weighted by atomic mass is 10.3. The van der Waals surface area contributed by atoms with E-state index < -0.39 is 0 Å². The molecule has 0 aliphatic heterocycles. The van der Waals surface area contributed by atoms with Crippen LogP contribution < -0.4 is 5.06 Å². The second-order valence-corrected chi connectivity index (χ2v) is 2.73. The van der Waals surface area contributed by atoms with Gasteiger partial charge in [-0.1, -0.05) is 6.92 Å². The molecule has 0 unspecified atom stereocenters. The summed E-state index contributed by atoms with van der Waals surface area (Å²) in [5.74, 6) is 0. The first kappa shape index (κ1) is 9.00. The Labute approximate surface area is 72.6 Å². The van der Waals surface area contributed by atoms with Crippen molar-refractivity contribution in [2.45, 2.75) is 20.3 Å². The normalized spacial score (nSPS) is 9.92. The summed E-state index contributed by atoms with van der Waals surface area (Å²) in [4.78, 5) is 4.08. The Balaban J connectivity index is 2.79. The van der Waals surface area contributed by atoms with Crippen LogP contribution in [0.25, 0.3) is 0 Å². The fourth-order valence-electron chi connectivity index (χ4n) is 1.08. The third-order valence-electron chi connectivity index (χ3n) is 1.69. The number of anilines is 1. The van der Waals surface area contributed by atoms with E-state index in [-0.39, 0.29) is 0 Å². The van der Waals surface area contributed by atoms with Gasteiger partial charge >= 0.3 is 0 Å². The summed E-state index contributed by atoms with van der Waals surface area (Å²) < 4.78 is 0. The maximum Gasteiger partial charge on any atom is 0.0846 e. The highest BCUT2D eigenvalue weighted by atomic mass is 16.5. The van der Waals surface area contributed by atoms with Gasteiger partial charge in [0.25, 0.3) is 0 Å². The zero-order valence-corrected chi connectivity index (χ0v) is 7.49. The van der Waals surface area contributed by atoms with Crippen LogP contribution in [0, 0.1) is 6.92 Å². The van der Waals surface area contributed by atoms with Gasteiger partial charge in [-0.2, -0.15) is 0 Å². The highest BCUT2D eigenvalue weighted by Gasteiger charge is 2.03. The van der Waals surface area contributed by atoms with Crippen molar-refractivity contribution in [1.29, 1.82) is 0 Å². The van der Waals surface area contributed by atoms with E-state index in [0.29, 0.717) is 6.54 Å². The van der Waals surface area contributed by atoms with Crippen molar-refractivity contribution in [3.8, 4) is 0 Å². The van der Waals surface area contributed by atoms with E-state index in [9.17, 15) is 5.21 Å². The molecule has 0 spiro atoms. The molecule has 0 saturated carbocycles. The van der Waals surface area contributed by atoms with E-state index >= 15 is 0 Å². The van der Waals surface area contributed by atoms with Crippen LogP contribution in [0.3, 0.4) is 0 Å². The van der Waals surface area contributed by atoms with Crippen molar-refractivity contribution in [2.75, 3.05) is 11.6 Å². The quantitative estimate of drug-likeness (QED) is 0.698. The molecule has 0 aliphatic carbocycles. The van der Waals surface area contributed by atoms with Crippen molar-refractivity contribution >= 4 is 5.69 Å². The van der Waals surface area contributed by atoms with Gasteiger partial charge in [-0.25, -0.2) is 0 Å². The van der Waals surface area contributed by atoms with Gasteiger partial charge in [0.1, 0.15) is 0 Å². The van der Waals surface area contributed by atoms with E-state index in [1.165, 1.54) is 5.06 Å². The Hall–Kier alpha value is -1.09. The lowest BCUT2D eigenvalue weighted by Crippen LogP contribution is -2.19. The maximum absolute atomic E-state index is 9.49. The number of hydrogen-bond donors (Lipinski definition) is 1. The van der Waals surface area contributed by atoms with Crippen LogP contribution in [-0.2, 0) is 0 Å². The molecule has 1 heterocycles. The molecule has 3 heteroatoms. The van der Waals surface area contributed by atoms with Gasteiger partial charge in [0.2, 0.25) is 0 Å². The summed E-state index contributed by atoms with van der Waals surface area (Å²) in [7, 11) is 0. The Morgan fingerprint density at radius 2 is 2.33 bits per heavy atom. The summed E-state index contributed by atoms with van der Waals surface area (Å²) in [6.07, 6.45) is 2.64. The molecule has 1 N–H and O–H groups in total. The van der Waals surface area contributed by atoms with Crippen LogP contribution in [0.1, 0.15) is 19.0 Å². The zero-order valence-electron chi connectivity index (χ0n) is 7.49. The highest BCUT2D eigenvalue weighted by molar-refractivity contribution is 5.46. The highest BCUT2D eigenvalue weighted by Crippen LogP contribution is 2.14. The van der Waals surface area contributed by atoms with E-state index in [1.807, 2.05) is 26.0 Å². The van der Waals surface area contributed by atoms with E-state index in [1.54, 1.807) is 6.20 Å². The largest absolute Gasteiger partial charge is 0.288 e. The zero-order chi connectivity index (χ0) is 8.97. The van der Waals surface area contributed by atoms with Gasteiger partial charge in [0.15, 0.2) is 0 Å². The minimum Gasteiger partial charge on any atom is -0.288 e. The van der Waals surface area contributed by atoms with Gasteiger partial charge in [-0.15, -0.1) is 0 Å². The predicted octanol–water partition coefficient (Wildman–Crippen LogP) is 2.00. The number of pyridine rings is 1. The number of rotatable bonds is 3. The van der Waals surface area contributed by atoms with Crippen molar-refractivity contribution < 1.29 is 5.21 Å². The van der Waals surface area contributed by atoms with Crippen LogP contribution in [0.4, 0.5) is 5.69 Å². The summed E-state index contributed by atoms with van der Waals surface area (Å²) in [5.41, 5.74) is 1.65. The van der Waals surface area contributed by atoms with Crippen LogP contribution >= 0.6 is 0 Å². The Kier molecular flexibility index (Phi) is 3.05. The van der Waals surface area contributed by atoms with E-state index in [2.05, 4.69) is 4.98 Å². The first-order valence-corrected chi connectivity index (χ1v) is 4.13. The summed E-state index contributed by atoms with van der Waals surface area (Å²) in [6, 6.07) is 3.68. The van der Waals surface area contributed by atoms with Crippen LogP contribution in [-0.4, -0.2) is 16.7 Å². The van der Waals surface area contributed by atoms with Gasteiger partial charge in [-0.05, 0) is 25.5 Å². The minimum atomic E-state index is 0.645. The molecule has 1 rings (SSSR count). The average molecular weight is 166 g/mol. The van der Waals surface area contributed by atoms with Crippen molar-refractivity contribution in [3.63, 3.8) is 0 Å². The lowest BCUT2D eigenvalue weighted by Gasteiger charge is -2.16. The van der Waals surface area contributed by atoms with Crippen LogP contribution in [0.5, 0.6) is 0 Å². The first-order valence-electron chi connectivity index (χ1n) is 4.13. The molecule has 66 valence electrons. The molecule has 0 amide bonds. The van der Waals surface area contributed by atoms with Crippen molar-refractivity contribution in [1.82, 2.24) is 4.98 Å². The molecule has 0 saturated heterocycles. The van der Waals surface area contributed by atoms with Gasteiger partial charge in [0, 0.05) is 12.7 Å². The average Bonchev–Trinajstić information content (AvgIpc) is 2.05. The number of nitrogens with zero attached hydrogens (tertiary/aromatic N) is 2. The second kappa shape index (κ2) is 4.07. The minimum absolute atomic E-state index is 0.645. The van der Waals surface area contributed by atoms with E-state index in [0.717, 1.165) is 17.8 Å². The fourth-order valence-corrected chi connectivity index (χ4v) is 1.08. The number of hydrogen-bond acceptors (Lipinski definition) is 3. The topological polar surface area (TPSA) is 36.4 Å². The molecule has 0 atom stereocenters. The second-order valence-electron chi connectivity index (χ2n) is 2.73. The third-order valence-corrected chi connectivity index (χ3v) is 1.69. The Morgan fingerprint density at radius 1 is 1.58 bits per heavy atom. The molecule has 0 radical (unpaired) electrons. The molecule has 0 aromatic carbocycles. The van der Waals surface area contributed by atoms with E-state index in [4.69, 9.17) is 0 Å². The van der Waals surface area contributed by atoms with Crippen LogP contribution in [0.2, 0.25) is 0 Å². The summed E-state index contributed by atoms with van der Waals surface area (Å²) in [6.45, 7) is 4.55. The predicted molar refractivity (Wildman–Crippen MR) is 48.4 cm³/mol. The molecule has 0 bridgehead atoms. The molecule has 1 aromatic rings.